The molecular weight excluding hydrogens is 422 g/mol. The molecule has 10 heteroatoms. The fourth-order valence-electron chi connectivity index (χ4n) is 2.64. The number of benzene rings is 2. The number of hydrogen-bond acceptors (Lipinski definition) is 10. The van der Waals surface area contributed by atoms with Crippen molar-refractivity contribution >= 4 is 28.2 Å². The van der Waals surface area contributed by atoms with E-state index in [0.717, 1.165) is 15.0 Å². The van der Waals surface area contributed by atoms with Crippen molar-refractivity contribution in [1.29, 1.82) is 0 Å². The van der Waals surface area contributed by atoms with Gasteiger partial charge in [0, 0.05) is 12.6 Å². The SMILES string of the molecule is COc1ccc(-c2noc(CSc3nnc(NCc4ccccc4)s3)n2)c(OC)c1. The lowest BCUT2D eigenvalue weighted by molar-refractivity contribution is 0.388. The van der Waals surface area contributed by atoms with E-state index in [-0.39, 0.29) is 0 Å². The lowest BCUT2D eigenvalue weighted by Gasteiger charge is -2.07. The summed E-state index contributed by atoms with van der Waals surface area (Å²) in [6, 6.07) is 15.6. The fourth-order valence-corrected chi connectivity index (χ4v) is 4.23. The summed E-state index contributed by atoms with van der Waals surface area (Å²) in [6.07, 6.45) is 0. The predicted octanol–water partition coefficient (Wildman–Crippen LogP) is 4.51. The minimum absolute atomic E-state index is 0.465. The minimum atomic E-state index is 0.465. The maximum absolute atomic E-state index is 5.41. The summed E-state index contributed by atoms with van der Waals surface area (Å²) in [6.45, 7) is 0.705. The lowest BCUT2D eigenvalue weighted by Crippen LogP contribution is -1.98. The van der Waals surface area contributed by atoms with Crippen LogP contribution in [0.15, 0.2) is 57.4 Å². The second-order valence-electron chi connectivity index (χ2n) is 6.08. The van der Waals surface area contributed by atoms with Crippen LogP contribution in [0.25, 0.3) is 11.4 Å². The van der Waals surface area contributed by atoms with Crippen molar-refractivity contribution < 1.29 is 14.0 Å². The van der Waals surface area contributed by atoms with E-state index in [1.165, 1.54) is 28.7 Å². The number of anilines is 1. The van der Waals surface area contributed by atoms with Crippen molar-refractivity contribution in [2.45, 2.75) is 16.6 Å². The number of rotatable bonds is 9. The number of aromatic nitrogens is 4. The van der Waals surface area contributed by atoms with Gasteiger partial charge in [0.25, 0.3) is 0 Å². The number of methoxy groups -OCH3 is 2. The normalized spacial score (nSPS) is 10.7. The van der Waals surface area contributed by atoms with Gasteiger partial charge in [0.1, 0.15) is 11.5 Å². The molecule has 0 spiro atoms. The van der Waals surface area contributed by atoms with Gasteiger partial charge in [-0.25, -0.2) is 0 Å². The maximum atomic E-state index is 5.41. The van der Waals surface area contributed by atoms with E-state index < -0.39 is 0 Å². The van der Waals surface area contributed by atoms with Gasteiger partial charge < -0.3 is 19.3 Å². The summed E-state index contributed by atoms with van der Waals surface area (Å²) in [4.78, 5) is 4.46. The van der Waals surface area contributed by atoms with E-state index in [0.29, 0.717) is 35.5 Å². The number of nitrogens with zero attached hydrogens (tertiary/aromatic N) is 4. The van der Waals surface area contributed by atoms with E-state index in [2.05, 4.69) is 37.8 Å². The molecule has 0 aliphatic carbocycles. The van der Waals surface area contributed by atoms with Crippen LogP contribution < -0.4 is 14.8 Å². The summed E-state index contributed by atoms with van der Waals surface area (Å²) in [5.74, 6) is 2.78. The number of nitrogens with one attached hydrogen (secondary N) is 1. The quantitative estimate of drug-likeness (QED) is 0.376. The first kappa shape index (κ1) is 20.2. The highest BCUT2D eigenvalue weighted by Gasteiger charge is 2.15. The molecule has 0 saturated heterocycles. The second kappa shape index (κ2) is 9.59. The predicted molar refractivity (Wildman–Crippen MR) is 116 cm³/mol. The fraction of sp³-hybridized carbons (Fsp3) is 0.200. The van der Waals surface area contributed by atoms with Crippen molar-refractivity contribution in [1.82, 2.24) is 20.3 Å². The third kappa shape index (κ3) is 4.89. The van der Waals surface area contributed by atoms with Gasteiger partial charge in [-0.3, -0.25) is 0 Å². The standard InChI is InChI=1S/C20H19N5O3S2/c1-26-14-8-9-15(16(10-14)27-2)18-22-17(28-25-18)12-29-20-24-23-19(30-20)21-11-13-6-4-3-5-7-13/h3-10H,11-12H2,1-2H3,(H,21,23). The smallest absolute Gasteiger partial charge is 0.237 e. The van der Waals surface area contributed by atoms with Gasteiger partial charge in [-0.15, -0.1) is 10.2 Å². The van der Waals surface area contributed by atoms with Gasteiger partial charge in [-0.2, -0.15) is 4.98 Å². The highest BCUT2D eigenvalue weighted by molar-refractivity contribution is 8.00. The zero-order valence-corrected chi connectivity index (χ0v) is 18.0. The highest BCUT2D eigenvalue weighted by atomic mass is 32.2. The Morgan fingerprint density at radius 1 is 1.07 bits per heavy atom. The average molecular weight is 442 g/mol. The Morgan fingerprint density at radius 2 is 1.93 bits per heavy atom. The van der Waals surface area contributed by atoms with E-state index in [4.69, 9.17) is 14.0 Å². The summed E-state index contributed by atoms with van der Waals surface area (Å²) in [7, 11) is 3.20. The van der Waals surface area contributed by atoms with Crippen molar-refractivity contribution in [3.63, 3.8) is 0 Å². The third-order valence-corrected chi connectivity index (χ3v) is 6.13. The molecule has 4 rings (SSSR count). The van der Waals surface area contributed by atoms with Gasteiger partial charge in [0.05, 0.1) is 25.5 Å². The van der Waals surface area contributed by atoms with Gasteiger partial charge in [-0.1, -0.05) is 58.6 Å². The summed E-state index contributed by atoms with van der Waals surface area (Å²) in [5.41, 5.74) is 1.93. The first-order valence-electron chi connectivity index (χ1n) is 9.04. The van der Waals surface area contributed by atoms with Crippen LogP contribution in [0.1, 0.15) is 11.5 Å². The Hall–Kier alpha value is -3.11. The van der Waals surface area contributed by atoms with Crippen LogP contribution in [0, 0.1) is 0 Å². The van der Waals surface area contributed by atoms with Gasteiger partial charge in [0.2, 0.25) is 16.8 Å². The van der Waals surface area contributed by atoms with Gasteiger partial charge in [-0.05, 0) is 17.7 Å². The Morgan fingerprint density at radius 3 is 2.73 bits per heavy atom. The molecule has 0 aliphatic rings. The Bertz CT molecular complexity index is 1100. The molecule has 0 bridgehead atoms. The maximum Gasteiger partial charge on any atom is 0.237 e. The molecule has 0 unspecified atom stereocenters. The molecule has 2 aromatic carbocycles. The monoisotopic (exact) mass is 441 g/mol. The van der Waals surface area contributed by atoms with E-state index in [1.54, 1.807) is 20.3 Å². The molecule has 0 fully saturated rings. The topological polar surface area (TPSA) is 95.2 Å². The van der Waals surface area contributed by atoms with E-state index >= 15 is 0 Å². The molecule has 0 atom stereocenters. The largest absolute Gasteiger partial charge is 0.497 e. The van der Waals surface area contributed by atoms with Crippen molar-refractivity contribution in [2.24, 2.45) is 0 Å². The van der Waals surface area contributed by atoms with Crippen LogP contribution in [0.2, 0.25) is 0 Å². The molecule has 0 saturated carbocycles. The molecule has 0 amide bonds. The summed E-state index contributed by atoms with van der Waals surface area (Å²) >= 11 is 2.99. The summed E-state index contributed by atoms with van der Waals surface area (Å²) in [5, 5.41) is 16.5. The molecule has 2 heterocycles. The first-order chi connectivity index (χ1) is 14.7. The van der Waals surface area contributed by atoms with Crippen LogP contribution in [0.5, 0.6) is 11.5 Å². The zero-order chi connectivity index (χ0) is 20.8. The Kier molecular flexibility index (Phi) is 6.45. The molecule has 4 aromatic rings. The number of hydrogen-bond donors (Lipinski definition) is 1. The van der Waals surface area contributed by atoms with Gasteiger partial charge >= 0.3 is 0 Å². The molecule has 8 nitrogen and oxygen atoms in total. The summed E-state index contributed by atoms with van der Waals surface area (Å²) < 4.78 is 16.8. The van der Waals surface area contributed by atoms with E-state index in [9.17, 15) is 0 Å². The Balaban J connectivity index is 1.35. The van der Waals surface area contributed by atoms with Crippen LogP contribution in [0.4, 0.5) is 5.13 Å². The van der Waals surface area contributed by atoms with Crippen LogP contribution in [-0.4, -0.2) is 34.6 Å². The van der Waals surface area contributed by atoms with Crippen molar-refractivity contribution in [2.75, 3.05) is 19.5 Å². The molecule has 154 valence electrons. The van der Waals surface area contributed by atoms with Crippen LogP contribution in [0.3, 0.4) is 0 Å². The molecular formula is C20H19N5O3S2. The van der Waals surface area contributed by atoms with Crippen LogP contribution >= 0.6 is 23.1 Å². The highest BCUT2D eigenvalue weighted by Crippen LogP contribution is 2.33. The number of thioether (sulfide) groups is 1. The van der Waals surface area contributed by atoms with Gasteiger partial charge in [0.15, 0.2) is 4.34 Å². The molecule has 0 aliphatic heterocycles. The zero-order valence-electron chi connectivity index (χ0n) is 16.4. The molecule has 30 heavy (non-hydrogen) atoms. The van der Waals surface area contributed by atoms with E-state index in [1.807, 2.05) is 30.3 Å². The van der Waals surface area contributed by atoms with Crippen LogP contribution in [-0.2, 0) is 12.3 Å². The lowest BCUT2D eigenvalue weighted by atomic mass is 10.2. The Labute approximate surface area is 181 Å². The molecule has 0 radical (unpaired) electrons. The molecule has 1 N–H and O–H groups in total. The third-order valence-electron chi connectivity index (χ3n) is 4.13. The van der Waals surface area contributed by atoms with Crippen molar-refractivity contribution in [3.8, 4) is 22.9 Å². The number of ether oxygens (including phenoxy) is 2. The average Bonchev–Trinajstić information content (AvgIpc) is 3.46. The van der Waals surface area contributed by atoms with Crippen molar-refractivity contribution in [3.05, 3.63) is 60.0 Å². The second-order valence-corrected chi connectivity index (χ2v) is 8.28. The first-order valence-corrected chi connectivity index (χ1v) is 10.8. The minimum Gasteiger partial charge on any atom is -0.497 e. The molecule has 2 aromatic heterocycles.